The van der Waals surface area contributed by atoms with Crippen molar-refractivity contribution in [3.8, 4) is 5.75 Å². The molecule has 0 bridgehead atoms. The molecule has 1 amide bonds. The Morgan fingerprint density at radius 3 is 2.28 bits per heavy atom. The van der Waals surface area contributed by atoms with E-state index in [4.69, 9.17) is 9.47 Å². The second-order valence-corrected chi connectivity index (χ2v) is 8.25. The summed E-state index contributed by atoms with van der Waals surface area (Å²) in [6, 6.07) is 12.7. The second kappa shape index (κ2) is 6.65. The number of amides is 1. The normalized spacial score (nSPS) is 27.3. The number of unbranched alkanes of at least 4 members (excludes halogenated alkanes) is 1. The topological polar surface area (TPSA) is 117 Å². The molecule has 1 aliphatic carbocycles. The number of rotatable bonds is 5. The second-order valence-electron chi connectivity index (χ2n) is 8.25. The number of benzene rings is 2. The van der Waals surface area contributed by atoms with Crippen molar-refractivity contribution in [1.82, 2.24) is 4.90 Å². The fourth-order valence-electron chi connectivity index (χ4n) is 5.23. The van der Waals surface area contributed by atoms with Crippen LogP contribution in [0.4, 0.5) is 0 Å². The minimum atomic E-state index is -2.77. The van der Waals surface area contributed by atoms with Gasteiger partial charge in [-0.05, 0) is 30.7 Å². The molecule has 2 aromatic rings. The van der Waals surface area contributed by atoms with Crippen LogP contribution in [0.25, 0.3) is 5.76 Å². The van der Waals surface area contributed by atoms with Gasteiger partial charge in [0.2, 0.25) is 11.3 Å². The number of hydrogen-bond donors (Lipinski definition) is 3. The van der Waals surface area contributed by atoms with Crippen LogP contribution >= 0.6 is 0 Å². The number of carbonyl (C=O) groups is 2. The van der Waals surface area contributed by atoms with Crippen LogP contribution in [0.1, 0.15) is 36.5 Å². The number of fused-ring (bicyclic) bond motifs is 2. The molecule has 1 saturated heterocycles. The number of aliphatic hydroxyl groups is 3. The average Bonchev–Trinajstić information content (AvgIpc) is 3.27. The molecule has 0 aromatic heterocycles. The number of hydrogen-bond acceptors (Lipinski definition) is 7. The Morgan fingerprint density at radius 1 is 1.00 bits per heavy atom. The maximum Gasteiger partial charge on any atom is 0.296 e. The van der Waals surface area contributed by atoms with E-state index in [0.29, 0.717) is 24.2 Å². The molecule has 2 atom stereocenters. The fourth-order valence-corrected chi connectivity index (χ4v) is 5.23. The van der Waals surface area contributed by atoms with Gasteiger partial charge in [-0.3, -0.25) is 9.59 Å². The zero-order valence-corrected chi connectivity index (χ0v) is 17.7. The smallest absolute Gasteiger partial charge is 0.296 e. The number of ether oxygens (including phenoxy) is 2. The molecule has 8 nitrogen and oxygen atoms in total. The van der Waals surface area contributed by atoms with Gasteiger partial charge >= 0.3 is 0 Å². The first-order valence-corrected chi connectivity index (χ1v) is 10.5. The quantitative estimate of drug-likeness (QED) is 0.478. The van der Waals surface area contributed by atoms with Crippen molar-refractivity contribution >= 4 is 17.4 Å². The first kappa shape index (κ1) is 20.7. The van der Waals surface area contributed by atoms with Crippen molar-refractivity contribution in [3.63, 3.8) is 0 Å². The van der Waals surface area contributed by atoms with E-state index < -0.39 is 28.8 Å². The summed E-state index contributed by atoms with van der Waals surface area (Å²) in [4.78, 5) is 27.5. The first-order valence-electron chi connectivity index (χ1n) is 10.5. The van der Waals surface area contributed by atoms with Crippen molar-refractivity contribution in [2.45, 2.75) is 36.9 Å². The summed E-state index contributed by atoms with van der Waals surface area (Å²) in [6.07, 6.45) is 1.18. The maximum absolute atomic E-state index is 13.3. The number of methoxy groups -OCH3 is 1. The van der Waals surface area contributed by atoms with E-state index in [9.17, 15) is 24.9 Å². The summed E-state index contributed by atoms with van der Waals surface area (Å²) in [7, 11) is 1.51. The summed E-state index contributed by atoms with van der Waals surface area (Å²) in [5.74, 6) is -6.46. The molecule has 0 radical (unpaired) electrons. The minimum Gasteiger partial charge on any atom is -0.497 e. The van der Waals surface area contributed by atoms with Crippen LogP contribution < -0.4 is 4.74 Å². The van der Waals surface area contributed by atoms with Crippen molar-refractivity contribution in [1.29, 1.82) is 0 Å². The van der Waals surface area contributed by atoms with Gasteiger partial charge in [0.05, 0.1) is 12.7 Å². The van der Waals surface area contributed by atoms with Gasteiger partial charge in [0.1, 0.15) is 11.5 Å². The first-order chi connectivity index (χ1) is 15.3. The molecule has 1 fully saturated rings. The molecule has 2 aliphatic heterocycles. The molecule has 3 aliphatic rings. The van der Waals surface area contributed by atoms with E-state index in [1.807, 2.05) is 6.92 Å². The lowest BCUT2D eigenvalue weighted by atomic mass is 9.78. The van der Waals surface area contributed by atoms with Crippen LogP contribution in [0, 0.1) is 0 Å². The predicted molar refractivity (Wildman–Crippen MR) is 112 cm³/mol. The molecule has 1 spiro atoms. The Kier molecular flexibility index (Phi) is 4.30. The SMILES string of the molecule is CCCCN1C(=O)C(=O)C2=C(c3ccc(OC)cc3)O[C@]3(O)c4ccccc4C(O)(O)[C@]213. The molecular formula is C24H23NO7. The van der Waals surface area contributed by atoms with Gasteiger partial charge in [0, 0.05) is 23.2 Å². The highest BCUT2D eigenvalue weighted by molar-refractivity contribution is 6.48. The number of nitrogens with zero attached hydrogens (tertiary/aromatic N) is 1. The molecule has 2 heterocycles. The molecule has 3 N–H and O–H groups in total. The van der Waals surface area contributed by atoms with E-state index in [1.165, 1.54) is 19.2 Å². The number of Topliss-reactive ketones (excluding diaryl/α,β-unsaturated/α-hetero) is 1. The molecule has 5 rings (SSSR count). The average molecular weight is 437 g/mol. The minimum absolute atomic E-state index is 0.0159. The molecule has 0 unspecified atom stereocenters. The van der Waals surface area contributed by atoms with Crippen LogP contribution in [0.3, 0.4) is 0 Å². The lowest BCUT2D eigenvalue weighted by molar-refractivity contribution is -0.312. The standard InChI is InChI=1S/C24H23NO7/c1-3-4-13-25-21(27)19(26)18-20(14-9-11-15(31-2)12-10-14)32-24(30)17-8-6-5-7-16(17)23(28,29)22(18,24)25/h5-12,28-30H,3-4,13H2,1-2H3/t22-,24+/m0/s1. The third kappa shape index (κ3) is 2.16. The van der Waals surface area contributed by atoms with E-state index in [-0.39, 0.29) is 29.0 Å². The summed E-state index contributed by atoms with van der Waals surface area (Å²) in [5.41, 5.74) is -2.02. The van der Waals surface area contributed by atoms with Crippen molar-refractivity contribution in [2.75, 3.05) is 13.7 Å². The summed E-state index contributed by atoms with van der Waals surface area (Å²) >= 11 is 0. The number of carbonyl (C=O) groups excluding carboxylic acids is 2. The molecule has 32 heavy (non-hydrogen) atoms. The summed E-state index contributed by atoms with van der Waals surface area (Å²) in [5, 5.41) is 35.0. The van der Waals surface area contributed by atoms with Gasteiger partial charge in [0.25, 0.3) is 17.5 Å². The zero-order valence-electron chi connectivity index (χ0n) is 17.7. The van der Waals surface area contributed by atoms with E-state index in [1.54, 1.807) is 36.4 Å². The van der Waals surface area contributed by atoms with Crippen molar-refractivity contribution in [2.24, 2.45) is 0 Å². The lowest BCUT2D eigenvalue weighted by Crippen LogP contribution is -2.66. The van der Waals surface area contributed by atoms with E-state index >= 15 is 0 Å². The van der Waals surface area contributed by atoms with Crippen LogP contribution in [0.5, 0.6) is 5.75 Å². The molecule has 0 saturated carbocycles. The van der Waals surface area contributed by atoms with Crippen LogP contribution in [0.2, 0.25) is 0 Å². The van der Waals surface area contributed by atoms with Crippen LogP contribution in [0.15, 0.2) is 54.1 Å². The molecule has 166 valence electrons. The highest BCUT2D eigenvalue weighted by atomic mass is 16.6. The van der Waals surface area contributed by atoms with E-state index in [0.717, 1.165) is 4.90 Å². The van der Waals surface area contributed by atoms with Gasteiger partial charge in [0.15, 0.2) is 0 Å². The Hall–Kier alpha value is -3.20. The molecular weight excluding hydrogens is 414 g/mol. The van der Waals surface area contributed by atoms with Gasteiger partial charge in [-0.2, -0.15) is 0 Å². The Balaban J connectivity index is 1.83. The monoisotopic (exact) mass is 437 g/mol. The summed E-state index contributed by atoms with van der Waals surface area (Å²) in [6.45, 7) is 1.95. The van der Waals surface area contributed by atoms with Gasteiger partial charge in [-0.1, -0.05) is 37.6 Å². The predicted octanol–water partition coefficient (Wildman–Crippen LogP) is 1.38. The third-order valence-electron chi connectivity index (χ3n) is 6.66. The highest BCUT2D eigenvalue weighted by Gasteiger charge is 2.84. The maximum atomic E-state index is 13.3. The lowest BCUT2D eigenvalue weighted by Gasteiger charge is -2.45. The van der Waals surface area contributed by atoms with Crippen LogP contribution in [-0.4, -0.2) is 51.1 Å². The molecule has 8 heteroatoms. The number of ketones is 1. The van der Waals surface area contributed by atoms with Crippen molar-refractivity contribution < 1.29 is 34.4 Å². The van der Waals surface area contributed by atoms with Gasteiger partial charge in [-0.15, -0.1) is 0 Å². The summed E-state index contributed by atoms with van der Waals surface area (Å²) < 4.78 is 11.2. The Bertz CT molecular complexity index is 1170. The Labute approximate surface area is 184 Å². The van der Waals surface area contributed by atoms with Gasteiger partial charge < -0.3 is 29.7 Å². The Morgan fingerprint density at radius 2 is 1.66 bits per heavy atom. The molecule has 2 aromatic carbocycles. The highest BCUT2D eigenvalue weighted by Crippen LogP contribution is 2.67. The van der Waals surface area contributed by atoms with Gasteiger partial charge in [-0.25, -0.2) is 0 Å². The van der Waals surface area contributed by atoms with Crippen molar-refractivity contribution in [3.05, 3.63) is 70.8 Å². The largest absolute Gasteiger partial charge is 0.497 e. The van der Waals surface area contributed by atoms with Crippen LogP contribution in [-0.2, 0) is 25.9 Å². The fraction of sp³-hybridized carbons (Fsp3) is 0.333. The van der Waals surface area contributed by atoms with E-state index in [2.05, 4.69) is 0 Å². The number of likely N-dealkylation sites (tertiary alicyclic amines) is 1. The zero-order chi connectivity index (χ0) is 22.9. The third-order valence-corrected chi connectivity index (χ3v) is 6.66.